The molecule has 0 radical (unpaired) electrons. The maximum Gasteiger partial charge on any atom is 0.0294 e. The summed E-state index contributed by atoms with van der Waals surface area (Å²) in [4.78, 5) is 0. The average Bonchev–Trinajstić information content (AvgIpc) is 2.48. The van der Waals surface area contributed by atoms with Crippen LogP contribution in [0.5, 0.6) is 0 Å². The normalized spacial score (nSPS) is 24.2. The smallest absolute Gasteiger partial charge is 0.0294 e. The lowest BCUT2D eigenvalue weighted by Gasteiger charge is -2.33. The number of hydrogen-bond acceptors (Lipinski definition) is 2. The maximum absolute atomic E-state index is 3.88. The fourth-order valence-corrected chi connectivity index (χ4v) is 4.35. The van der Waals surface area contributed by atoms with Crippen molar-refractivity contribution in [3.8, 4) is 0 Å². The molecule has 118 valence electrons. The summed E-state index contributed by atoms with van der Waals surface area (Å²) in [5.41, 5.74) is 2.88. The highest BCUT2D eigenvalue weighted by Crippen LogP contribution is 2.29. The van der Waals surface area contributed by atoms with E-state index in [9.17, 15) is 0 Å². The van der Waals surface area contributed by atoms with E-state index in [0.717, 1.165) is 11.2 Å². The van der Waals surface area contributed by atoms with E-state index in [2.05, 4.69) is 56.6 Å². The highest BCUT2D eigenvalue weighted by Gasteiger charge is 2.25. The van der Waals surface area contributed by atoms with Crippen molar-refractivity contribution in [3.63, 3.8) is 0 Å². The maximum atomic E-state index is 3.88. The predicted molar refractivity (Wildman–Crippen MR) is 96.1 cm³/mol. The molecule has 2 heteroatoms. The topological polar surface area (TPSA) is 12.0 Å². The molecular formula is C19H31NS. The van der Waals surface area contributed by atoms with Crippen LogP contribution in [0.4, 0.5) is 0 Å². The molecule has 1 saturated carbocycles. The molecule has 1 fully saturated rings. The molecule has 0 aromatic heterocycles. The molecule has 0 amide bonds. The minimum Gasteiger partial charge on any atom is -0.306 e. The molecule has 1 N–H and O–H groups in total. The lowest BCUT2D eigenvalue weighted by Crippen LogP contribution is -2.41. The minimum atomic E-state index is 0.454. The van der Waals surface area contributed by atoms with Crippen molar-refractivity contribution in [2.75, 3.05) is 6.26 Å². The Morgan fingerprint density at radius 1 is 1.10 bits per heavy atom. The van der Waals surface area contributed by atoms with Gasteiger partial charge in [0.2, 0.25) is 0 Å². The first-order chi connectivity index (χ1) is 10.1. The van der Waals surface area contributed by atoms with E-state index in [1.165, 1.54) is 43.2 Å². The van der Waals surface area contributed by atoms with Crippen molar-refractivity contribution in [1.82, 2.24) is 5.32 Å². The molecular weight excluding hydrogens is 274 g/mol. The summed E-state index contributed by atoms with van der Waals surface area (Å²) in [6, 6.07) is 10.4. The van der Waals surface area contributed by atoms with E-state index in [1.807, 2.05) is 11.8 Å². The summed E-state index contributed by atoms with van der Waals surface area (Å²) in [6.07, 6.45) is 8.94. The van der Waals surface area contributed by atoms with Crippen molar-refractivity contribution in [2.45, 2.75) is 70.2 Å². The van der Waals surface area contributed by atoms with Crippen LogP contribution in [0.15, 0.2) is 24.3 Å². The van der Waals surface area contributed by atoms with Crippen LogP contribution >= 0.6 is 11.8 Å². The van der Waals surface area contributed by atoms with E-state index < -0.39 is 0 Å². The largest absolute Gasteiger partial charge is 0.306 e. The Labute approximate surface area is 135 Å². The molecule has 0 heterocycles. The fourth-order valence-electron chi connectivity index (χ4n) is 3.40. The second-order valence-electron chi connectivity index (χ2n) is 6.89. The van der Waals surface area contributed by atoms with Crippen LogP contribution in [0.2, 0.25) is 0 Å². The summed E-state index contributed by atoms with van der Waals surface area (Å²) < 4.78 is 0. The first kappa shape index (κ1) is 16.9. The zero-order valence-electron chi connectivity index (χ0n) is 14.1. The Morgan fingerprint density at radius 2 is 1.76 bits per heavy atom. The monoisotopic (exact) mass is 305 g/mol. The SMILES string of the molecule is CSC1CCCCC1NC(C)c1ccc(CC(C)C)cc1. The second kappa shape index (κ2) is 8.24. The Balaban J connectivity index is 1.94. The quantitative estimate of drug-likeness (QED) is 0.774. The van der Waals surface area contributed by atoms with Crippen molar-refractivity contribution in [3.05, 3.63) is 35.4 Å². The highest BCUT2D eigenvalue weighted by molar-refractivity contribution is 7.99. The van der Waals surface area contributed by atoms with Crippen LogP contribution in [0, 0.1) is 5.92 Å². The number of benzene rings is 1. The zero-order valence-corrected chi connectivity index (χ0v) is 14.9. The van der Waals surface area contributed by atoms with Gasteiger partial charge >= 0.3 is 0 Å². The lowest BCUT2D eigenvalue weighted by molar-refractivity contribution is 0.356. The van der Waals surface area contributed by atoms with Gasteiger partial charge < -0.3 is 5.32 Å². The third-order valence-corrected chi connectivity index (χ3v) is 5.76. The van der Waals surface area contributed by atoms with Gasteiger partial charge in [-0.3, -0.25) is 0 Å². The lowest BCUT2D eigenvalue weighted by atomic mass is 9.93. The number of thioether (sulfide) groups is 1. The van der Waals surface area contributed by atoms with Gasteiger partial charge in [0.05, 0.1) is 0 Å². The second-order valence-corrected chi connectivity index (χ2v) is 7.97. The summed E-state index contributed by atoms with van der Waals surface area (Å²) in [7, 11) is 0. The Kier molecular flexibility index (Phi) is 6.63. The van der Waals surface area contributed by atoms with Gasteiger partial charge in [-0.25, -0.2) is 0 Å². The Morgan fingerprint density at radius 3 is 2.38 bits per heavy atom. The molecule has 0 saturated heterocycles. The molecule has 1 aromatic carbocycles. The Hall–Kier alpha value is -0.470. The Bertz CT molecular complexity index is 412. The molecule has 0 spiro atoms. The molecule has 21 heavy (non-hydrogen) atoms. The summed E-state index contributed by atoms with van der Waals surface area (Å²) in [6.45, 7) is 6.87. The predicted octanol–water partition coefficient (Wildman–Crippen LogP) is 5.21. The third kappa shape index (κ3) is 5.03. The van der Waals surface area contributed by atoms with E-state index >= 15 is 0 Å². The third-order valence-electron chi connectivity index (χ3n) is 4.59. The molecule has 1 aromatic rings. The van der Waals surface area contributed by atoms with Crippen LogP contribution in [0.3, 0.4) is 0 Å². The molecule has 0 bridgehead atoms. The molecule has 3 atom stereocenters. The van der Waals surface area contributed by atoms with Gasteiger partial charge in [-0.1, -0.05) is 51.0 Å². The van der Waals surface area contributed by atoms with Crippen LogP contribution in [-0.2, 0) is 6.42 Å². The van der Waals surface area contributed by atoms with Crippen molar-refractivity contribution in [1.29, 1.82) is 0 Å². The van der Waals surface area contributed by atoms with Crippen LogP contribution in [-0.4, -0.2) is 17.5 Å². The van der Waals surface area contributed by atoms with Gasteiger partial charge in [0.25, 0.3) is 0 Å². The molecule has 3 unspecified atom stereocenters. The number of nitrogens with one attached hydrogen (secondary N) is 1. The first-order valence-corrected chi connectivity index (χ1v) is 9.76. The summed E-state index contributed by atoms with van der Waals surface area (Å²) >= 11 is 2.04. The fraction of sp³-hybridized carbons (Fsp3) is 0.684. The van der Waals surface area contributed by atoms with Gasteiger partial charge in [0.1, 0.15) is 0 Å². The van der Waals surface area contributed by atoms with Gasteiger partial charge in [-0.05, 0) is 49.5 Å². The van der Waals surface area contributed by atoms with Crippen LogP contribution in [0.1, 0.15) is 63.6 Å². The molecule has 2 rings (SSSR count). The van der Waals surface area contributed by atoms with Gasteiger partial charge in [0, 0.05) is 17.3 Å². The highest BCUT2D eigenvalue weighted by atomic mass is 32.2. The first-order valence-electron chi connectivity index (χ1n) is 8.48. The molecule has 1 nitrogen and oxygen atoms in total. The standard InChI is InChI=1S/C19H31NS/c1-14(2)13-16-9-11-17(12-10-16)15(3)20-18-7-5-6-8-19(18)21-4/h9-12,14-15,18-20H,5-8,13H2,1-4H3. The van der Waals surface area contributed by atoms with E-state index in [4.69, 9.17) is 0 Å². The van der Waals surface area contributed by atoms with E-state index in [1.54, 1.807) is 0 Å². The molecule has 0 aliphatic heterocycles. The average molecular weight is 306 g/mol. The van der Waals surface area contributed by atoms with Gasteiger partial charge in [-0.15, -0.1) is 0 Å². The summed E-state index contributed by atoms with van der Waals surface area (Å²) in [5.74, 6) is 0.732. The van der Waals surface area contributed by atoms with Crippen LogP contribution < -0.4 is 5.32 Å². The van der Waals surface area contributed by atoms with Gasteiger partial charge in [-0.2, -0.15) is 11.8 Å². The number of hydrogen-bond donors (Lipinski definition) is 1. The molecule has 1 aliphatic carbocycles. The molecule has 1 aliphatic rings. The summed E-state index contributed by atoms with van der Waals surface area (Å²) in [5, 5.41) is 4.67. The van der Waals surface area contributed by atoms with Crippen LogP contribution in [0.25, 0.3) is 0 Å². The van der Waals surface area contributed by atoms with Crippen molar-refractivity contribution < 1.29 is 0 Å². The van der Waals surface area contributed by atoms with E-state index in [-0.39, 0.29) is 0 Å². The van der Waals surface area contributed by atoms with Gasteiger partial charge in [0.15, 0.2) is 0 Å². The zero-order chi connectivity index (χ0) is 15.2. The van der Waals surface area contributed by atoms with Crippen molar-refractivity contribution in [2.24, 2.45) is 5.92 Å². The van der Waals surface area contributed by atoms with Crippen molar-refractivity contribution >= 4 is 11.8 Å². The minimum absolute atomic E-state index is 0.454. The van der Waals surface area contributed by atoms with E-state index in [0.29, 0.717) is 12.1 Å². The number of rotatable bonds is 6.